The molecule has 0 saturated carbocycles. The van der Waals surface area contributed by atoms with Crippen LogP contribution in [-0.2, 0) is 15.9 Å². The Bertz CT molecular complexity index is 727. The number of hydrogen-bond donors (Lipinski definition) is 2. The Morgan fingerprint density at radius 1 is 0.690 bits per heavy atom. The standard InChI is InChI=1S/C17H28N8O4/c1-5-13-22-15(25-17(23-13)27-4)19-7-9-29-11-10-28-8-6-18-14-20-12(2)21-16(24-14)26-3/h5-11H2,1-4H3,(H,18,20,21,24)(H,19,22,23,25). The Morgan fingerprint density at radius 3 is 1.79 bits per heavy atom. The van der Waals surface area contributed by atoms with Crippen molar-refractivity contribution >= 4 is 11.9 Å². The summed E-state index contributed by atoms with van der Waals surface area (Å²) in [5.74, 6) is 2.20. The zero-order valence-corrected chi connectivity index (χ0v) is 17.3. The number of aryl methyl sites for hydroxylation is 2. The first-order valence-corrected chi connectivity index (χ1v) is 9.33. The molecule has 12 heteroatoms. The normalized spacial score (nSPS) is 10.6. The van der Waals surface area contributed by atoms with Crippen LogP contribution in [-0.4, -0.2) is 83.6 Å². The van der Waals surface area contributed by atoms with Gasteiger partial charge in [-0.05, 0) is 6.92 Å². The maximum atomic E-state index is 5.52. The van der Waals surface area contributed by atoms with Crippen LogP contribution in [0.25, 0.3) is 0 Å². The van der Waals surface area contributed by atoms with Gasteiger partial charge in [0.05, 0.1) is 40.6 Å². The van der Waals surface area contributed by atoms with Crippen molar-refractivity contribution in [3.63, 3.8) is 0 Å². The van der Waals surface area contributed by atoms with E-state index in [0.29, 0.717) is 75.5 Å². The van der Waals surface area contributed by atoms with Crippen molar-refractivity contribution in [1.29, 1.82) is 0 Å². The predicted molar refractivity (Wildman–Crippen MR) is 105 cm³/mol. The van der Waals surface area contributed by atoms with Crippen molar-refractivity contribution in [3.05, 3.63) is 11.6 Å². The average Bonchev–Trinajstić information content (AvgIpc) is 2.74. The van der Waals surface area contributed by atoms with E-state index in [1.165, 1.54) is 14.2 Å². The Hall–Kier alpha value is -2.86. The molecule has 2 rings (SSSR count). The molecule has 12 nitrogen and oxygen atoms in total. The summed E-state index contributed by atoms with van der Waals surface area (Å²) in [5.41, 5.74) is 0. The fourth-order valence-electron chi connectivity index (χ4n) is 2.15. The number of ether oxygens (including phenoxy) is 4. The number of nitrogens with one attached hydrogen (secondary N) is 2. The van der Waals surface area contributed by atoms with Crippen LogP contribution in [0.5, 0.6) is 12.0 Å². The van der Waals surface area contributed by atoms with E-state index in [2.05, 4.69) is 40.5 Å². The van der Waals surface area contributed by atoms with E-state index < -0.39 is 0 Å². The molecule has 0 amide bonds. The van der Waals surface area contributed by atoms with Crippen molar-refractivity contribution in [2.24, 2.45) is 0 Å². The number of anilines is 2. The third-order valence-corrected chi connectivity index (χ3v) is 3.50. The fraction of sp³-hybridized carbons (Fsp3) is 0.647. The highest BCUT2D eigenvalue weighted by molar-refractivity contribution is 5.26. The van der Waals surface area contributed by atoms with Gasteiger partial charge in [0, 0.05) is 19.5 Å². The van der Waals surface area contributed by atoms with Crippen LogP contribution in [0, 0.1) is 6.92 Å². The maximum absolute atomic E-state index is 5.52. The molecule has 0 aliphatic rings. The first-order chi connectivity index (χ1) is 14.1. The van der Waals surface area contributed by atoms with Gasteiger partial charge in [-0.1, -0.05) is 6.92 Å². The van der Waals surface area contributed by atoms with Gasteiger partial charge in [0.15, 0.2) is 0 Å². The molecule has 0 saturated heterocycles. The molecule has 0 aromatic carbocycles. The highest BCUT2D eigenvalue weighted by atomic mass is 16.5. The van der Waals surface area contributed by atoms with Crippen LogP contribution >= 0.6 is 0 Å². The Kier molecular flexibility index (Phi) is 9.72. The molecule has 2 aromatic rings. The van der Waals surface area contributed by atoms with Crippen molar-refractivity contribution in [1.82, 2.24) is 29.9 Å². The molecule has 0 aliphatic heterocycles. The molecule has 0 atom stereocenters. The minimum absolute atomic E-state index is 0.282. The first kappa shape index (κ1) is 22.4. The van der Waals surface area contributed by atoms with Crippen molar-refractivity contribution in [2.75, 3.05) is 64.4 Å². The van der Waals surface area contributed by atoms with Gasteiger partial charge in [0.25, 0.3) is 0 Å². The van der Waals surface area contributed by atoms with E-state index in [4.69, 9.17) is 18.9 Å². The molecule has 0 spiro atoms. The number of rotatable bonds is 14. The SMILES string of the molecule is CCc1nc(NCCOCCOCCNc2nc(C)nc(OC)n2)nc(OC)n1. The lowest BCUT2D eigenvalue weighted by Gasteiger charge is -2.09. The number of aromatic nitrogens is 6. The van der Waals surface area contributed by atoms with Crippen LogP contribution in [0.2, 0.25) is 0 Å². The lowest BCUT2D eigenvalue weighted by molar-refractivity contribution is 0.0556. The first-order valence-electron chi connectivity index (χ1n) is 9.33. The molecular formula is C17H28N8O4. The maximum Gasteiger partial charge on any atom is 0.321 e. The highest BCUT2D eigenvalue weighted by Crippen LogP contribution is 2.07. The number of methoxy groups -OCH3 is 2. The fourth-order valence-corrected chi connectivity index (χ4v) is 2.15. The van der Waals surface area contributed by atoms with Crippen molar-refractivity contribution in [2.45, 2.75) is 20.3 Å². The summed E-state index contributed by atoms with van der Waals surface area (Å²) in [7, 11) is 3.04. The molecular weight excluding hydrogens is 380 g/mol. The van der Waals surface area contributed by atoms with E-state index in [0.717, 1.165) is 0 Å². The Balaban J connectivity index is 1.52. The summed E-state index contributed by atoms with van der Waals surface area (Å²) in [6.07, 6.45) is 0.705. The van der Waals surface area contributed by atoms with Gasteiger partial charge in [-0.25, -0.2) is 0 Å². The Morgan fingerprint density at radius 2 is 1.24 bits per heavy atom. The van der Waals surface area contributed by atoms with E-state index in [9.17, 15) is 0 Å². The quantitative estimate of drug-likeness (QED) is 0.421. The van der Waals surface area contributed by atoms with Crippen LogP contribution in [0.1, 0.15) is 18.6 Å². The molecule has 29 heavy (non-hydrogen) atoms. The molecule has 0 aliphatic carbocycles. The predicted octanol–water partition coefficient (Wildman–Crippen LogP) is 0.502. The lowest BCUT2D eigenvalue weighted by Crippen LogP contribution is -2.17. The molecule has 0 fully saturated rings. The summed E-state index contributed by atoms with van der Waals surface area (Å²) in [5, 5.41) is 6.15. The molecule has 2 aromatic heterocycles. The van der Waals surface area contributed by atoms with E-state index in [1.807, 2.05) is 6.92 Å². The Labute approximate surface area is 169 Å². The molecule has 0 unspecified atom stereocenters. The highest BCUT2D eigenvalue weighted by Gasteiger charge is 2.05. The van der Waals surface area contributed by atoms with Gasteiger partial charge in [0.2, 0.25) is 11.9 Å². The van der Waals surface area contributed by atoms with Crippen LogP contribution in [0.4, 0.5) is 11.9 Å². The van der Waals surface area contributed by atoms with Gasteiger partial charge in [-0.3, -0.25) is 0 Å². The van der Waals surface area contributed by atoms with E-state index in [-0.39, 0.29) is 6.01 Å². The summed E-state index contributed by atoms with van der Waals surface area (Å²) in [6.45, 7) is 6.85. The molecule has 2 heterocycles. The smallest absolute Gasteiger partial charge is 0.321 e. The molecule has 160 valence electrons. The monoisotopic (exact) mass is 408 g/mol. The molecule has 0 radical (unpaired) electrons. The number of hydrogen-bond acceptors (Lipinski definition) is 12. The lowest BCUT2D eigenvalue weighted by atomic mass is 10.4. The third kappa shape index (κ3) is 8.35. The zero-order chi connectivity index (χ0) is 20.9. The molecule has 2 N–H and O–H groups in total. The summed E-state index contributed by atoms with van der Waals surface area (Å²) >= 11 is 0. The zero-order valence-electron chi connectivity index (χ0n) is 17.3. The van der Waals surface area contributed by atoms with Crippen LogP contribution < -0.4 is 20.1 Å². The number of nitrogens with zero attached hydrogens (tertiary/aromatic N) is 6. The van der Waals surface area contributed by atoms with Gasteiger partial charge >= 0.3 is 12.0 Å². The summed E-state index contributed by atoms with van der Waals surface area (Å²) < 4.78 is 21.1. The van der Waals surface area contributed by atoms with Gasteiger partial charge in [-0.2, -0.15) is 29.9 Å². The van der Waals surface area contributed by atoms with Gasteiger partial charge in [0.1, 0.15) is 11.6 Å². The average molecular weight is 408 g/mol. The van der Waals surface area contributed by atoms with Crippen LogP contribution in [0.3, 0.4) is 0 Å². The topological polar surface area (TPSA) is 138 Å². The van der Waals surface area contributed by atoms with E-state index in [1.54, 1.807) is 6.92 Å². The van der Waals surface area contributed by atoms with Crippen LogP contribution in [0.15, 0.2) is 0 Å². The summed E-state index contributed by atoms with van der Waals surface area (Å²) in [6, 6.07) is 0.581. The van der Waals surface area contributed by atoms with Gasteiger partial charge < -0.3 is 29.6 Å². The van der Waals surface area contributed by atoms with E-state index >= 15 is 0 Å². The second-order valence-electron chi connectivity index (χ2n) is 5.69. The minimum Gasteiger partial charge on any atom is -0.467 e. The van der Waals surface area contributed by atoms with Crippen molar-refractivity contribution < 1.29 is 18.9 Å². The third-order valence-electron chi connectivity index (χ3n) is 3.50. The molecule has 0 bridgehead atoms. The summed E-state index contributed by atoms with van der Waals surface area (Å²) in [4.78, 5) is 24.9. The second-order valence-corrected chi connectivity index (χ2v) is 5.69. The van der Waals surface area contributed by atoms with Crippen molar-refractivity contribution in [3.8, 4) is 12.0 Å². The van der Waals surface area contributed by atoms with Gasteiger partial charge in [-0.15, -0.1) is 0 Å². The largest absolute Gasteiger partial charge is 0.467 e. The second kappa shape index (κ2) is 12.6. The minimum atomic E-state index is 0.282.